The van der Waals surface area contributed by atoms with E-state index in [2.05, 4.69) is 9.97 Å². The summed E-state index contributed by atoms with van der Waals surface area (Å²) in [6.07, 6.45) is 3.82. The molecule has 4 nitrogen and oxygen atoms in total. The van der Waals surface area contributed by atoms with Crippen LogP contribution in [-0.2, 0) is 4.79 Å². The zero-order valence-corrected chi connectivity index (χ0v) is 13.9. The molecule has 5 heteroatoms. The average molecular weight is 336 g/mol. The van der Waals surface area contributed by atoms with E-state index in [1.165, 1.54) is 24.3 Å². The number of halogens is 1. The van der Waals surface area contributed by atoms with Gasteiger partial charge in [-0.25, -0.2) is 9.37 Å². The highest BCUT2D eigenvalue weighted by atomic mass is 19.1. The van der Waals surface area contributed by atoms with Gasteiger partial charge in [-0.2, -0.15) is 0 Å². The van der Waals surface area contributed by atoms with E-state index in [0.29, 0.717) is 11.9 Å². The number of aromatic amines is 1. The standard InChI is InChI=1S/C20H17FN2O2/c1-12(2)19-15(4-3-11-24)18(13-5-7-14(21)8-6-13)16-9-10-17(25)22-20(16)23-19/h3-12H,1-2H3,(H,22,23,25)/b4-3+. The van der Waals surface area contributed by atoms with Crippen molar-refractivity contribution < 1.29 is 9.18 Å². The summed E-state index contributed by atoms with van der Waals surface area (Å²) in [4.78, 5) is 29.9. The molecule has 2 aromatic heterocycles. The minimum Gasteiger partial charge on any atom is -0.307 e. The number of benzene rings is 1. The third kappa shape index (κ3) is 3.26. The van der Waals surface area contributed by atoms with Crippen molar-refractivity contribution >= 4 is 23.4 Å². The number of H-pyrrole nitrogens is 1. The van der Waals surface area contributed by atoms with E-state index in [1.54, 1.807) is 24.3 Å². The molecule has 0 radical (unpaired) electrons. The van der Waals surface area contributed by atoms with Crippen LogP contribution in [0.3, 0.4) is 0 Å². The van der Waals surface area contributed by atoms with Crippen molar-refractivity contribution in [1.29, 1.82) is 0 Å². The summed E-state index contributed by atoms with van der Waals surface area (Å²) in [5.41, 5.74) is 3.37. The second-order valence-electron chi connectivity index (χ2n) is 6.03. The molecule has 0 aliphatic carbocycles. The Bertz CT molecular complexity index is 1020. The first-order chi connectivity index (χ1) is 12.0. The van der Waals surface area contributed by atoms with E-state index in [9.17, 15) is 14.0 Å². The molecule has 0 aliphatic rings. The summed E-state index contributed by atoms with van der Waals surface area (Å²) in [6.45, 7) is 3.98. The van der Waals surface area contributed by atoms with Gasteiger partial charge in [0.15, 0.2) is 0 Å². The maximum absolute atomic E-state index is 13.4. The van der Waals surface area contributed by atoms with Crippen molar-refractivity contribution in [2.24, 2.45) is 0 Å². The summed E-state index contributed by atoms with van der Waals surface area (Å²) < 4.78 is 13.4. The number of nitrogens with zero attached hydrogens (tertiary/aromatic N) is 1. The summed E-state index contributed by atoms with van der Waals surface area (Å²) in [5.74, 6) is -0.261. The first-order valence-electron chi connectivity index (χ1n) is 7.96. The molecule has 0 bridgehead atoms. The third-order valence-electron chi connectivity index (χ3n) is 3.97. The summed E-state index contributed by atoms with van der Waals surface area (Å²) in [6, 6.07) is 9.25. The molecule has 2 heterocycles. The summed E-state index contributed by atoms with van der Waals surface area (Å²) in [7, 11) is 0. The molecule has 1 N–H and O–H groups in total. The zero-order chi connectivity index (χ0) is 18.0. The van der Waals surface area contributed by atoms with E-state index >= 15 is 0 Å². The Morgan fingerprint density at radius 3 is 2.48 bits per heavy atom. The summed E-state index contributed by atoms with van der Waals surface area (Å²) in [5, 5.41) is 0.737. The number of pyridine rings is 2. The third-order valence-corrected chi connectivity index (χ3v) is 3.97. The smallest absolute Gasteiger partial charge is 0.249 e. The number of carbonyl (C=O) groups excluding carboxylic acids is 1. The van der Waals surface area contributed by atoms with Crippen LogP contribution in [0.25, 0.3) is 28.2 Å². The molecule has 0 atom stereocenters. The van der Waals surface area contributed by atoms with Crippen LogP contribution in [0, 0.1) is 5.82 Å². The second-order valence-corrected chi connectivity index (χ2v) is 6.03. The van der Waals surface area contributed by atoms with Crippen molar-refractivity contribution in [3.05, 3.63) is 69.9 Å². The van der Waals surface area contributed by atoms with Gasteiger partial charge in [-0.15, -0.1) is 0 Å². The minimum absolute atomic E-state index is 0.0682. The van der Waals surface area contributed by atoms with Crippen LogP contribution < -0.4 is 5.56 Å². The first-order valence-corrected chi connectivity index (χ1v) is 7.96. The molecule has 0 fully saturated rings. The second kappa shape index (κ2) is 6.81. The number of fused-ring (bicyclic) bond motifs is 1. The highest BCUT2D eigenvalue weighted by Gasteiger charge is 2.17. The number of rotatable bonds is 4. The average Bonchev–Trinajstić information content (AvgIpc) is 2.59. The normalized spacial score (nSPS) is 11.5. The molecule has 0 unspecified atom stereocenters. The van der Waals surface area contributed by atoms with Gasteiger partial charge in [-0.3, -0.25) is 9.59 Å². The molecule has 0 saturated carbocycles. The molecule has 126 valence electrons. The quantitative estimate of drug-likeness (QED) is 0.577. The highest BCUT2D eigenvalue weighted by molar-refractivity contribution is 5.98. The molecular formula is C20H17FN2O2. The van der Waals surface area contributed by atoms with Crippen LogP contribution in [0.15, 0.2) is 47.3 Å². The van der Waals surface area contributed by atoms with E-state index in [1.807, 2.05) is 13.8 Å². The predicted octanol–water partition coefficient (Wildman–Crippen LogP) is 4.06. The lowest BCUT2D eigenvalue weighted by Crippen LogP contribution is -2.08. The van der Waals surface area contributed by atoms with Gasteiger partial charge in [0.05, 0.1) is 5.69 Å². The van der Waals surface area contributed by atoms with Crippen molar-refractivity contribution in [3.8, 4) is 11.1 Å². The number of hydrogen-bond donors (Lipinski definition) is 1. The van der Waals surface area contributed by atoms with Gasteiger partial charge in [0, 0.05) is 22.6 Å². The van der Waals surface area contributed by atoms with Crippen LogP contribution in [0.4, 0.5) is 4.39 Å². The van der Waals surface area contributed by atoms with Crippen molar-refractivity contribution in [2.75, 3.05) is 0 Å². The van der Waals surface area contributed by atoms with E-state index in [4.69, 9.17) is 0 Å². The van der Waals surface area contributed by atoms with Crippen molar-refractivity contribution in [3.63, 3.8) is 0 Å². The Morgan fingerprint density at radius 1 is 1.12 bits per heavy atom. The van der Waals surface area contributed by atoms with Crippen molar-refractivity contribution in [1.82, 2.24) is 9.97 Å². The van der Waals surface area contributed by atoms with Crippen LogP contribution >= 0.6 is 0 Å². The molecule has 0 spiro atoms. The van der Waals surface area contributed by atoms with E-state index < -0.39 is 0 Å². The number of aromatic nitrogens is 2. The van der Waals surface area contributed by atoms with E-state index in [0.717, 1.165) is 27.8 Å². The molecule has 1 aromatic carbocycles. The molecule has 0 saturated heterocycles. The fourth-order valence-electron chi connectivity index (χ4n) is 2.88. The van der Waals surface area contributed by atoms with E-state index in [-0.39, 0.29) is 17.3 Å². The largest absolute Gasteiger partial charge is 0.307 e. The fraction of sp³-hybridized carbons (Fsp3) is 0.150. The number of hydrogen-bond acceptors (Lipinski definition) is 3. The lowest BCUT2D eigenvalue weighted by atomic mass is 9.91. The Balaban J connectivity index is 2.47. The molecule has 3 rings (SSSR count). The highest BCUT2D eigenvalue weighted by Crippen LogP contribution is 2.35. The maximum Gasteiger partial charge on any atom is 0.249 e. The van der Waals surface area contributed by atoms with Gasteiger partial charge in [0.1, 0.15) is 17.8 Å². The first kappa shape index (κ1) is 16.8. The number of aldehydes is 1. The summed E-state index contributed by atoms with van der Waals surface area (Å²) >= 11 is 0. The number of nitrogens with one attached hydrogen (secondary N) is 1. The molecule has 0 amide bonds. The van der Waals surface area contributed by atoms with Crippen molar-refractivity contribution in [2.45, 2.75) is 19.8 Å². The molecular weight excluding hydrogens is 319 g/mol. The van der Waals surface area contributed by atoms with Crippen LogP contribution in [0.5, 0.6) is 0 Å². The zero-order valence-electron chi connectivity index (χ0n) is 13.9. The van der Waals surface area contributed by atoms with Gasteiger partial charge in [-0.05, 0) is 41.8 Å². The van der Waals surface area contributed by atoms with Gasteiger partial charge >= 0.3 is 0 Å². The monoisotopic (exact) mass is 336 g/mol. The lowest BCUT2D eigenvalue weighted by Gasteiger charge is -2.17. The van der Waals surface area contributed by atoms with Crippen LogP contribution in [0.1, 0.15) is 31.0 Å². The van der Waals surface area contributed by atoms with Gasteiger partial charge < -0.3 is 4.98 Å². The van der Waals surface area contributed by atoms with Gasteiger partial charge in [-0.1, -0.05) is 26.0 Å². The van der Waals surface area contributed by atoms with Crippen LogP contribution in [0.2, 0.25) is 0 Å². The van der Waals surface area contributed by atoms with Gasteiger partial charge in [0.25, 0.3) is 0 Å². The van der Waals surface area contributed by atoms with Gasteiger partial charge in [0.2, 0.25) is 5.56 Å². The number of allylic oxidation sites excluding steroid dienone is 1. The Hall–Kier alpha value is -3.08. The lowest BCUT2D eigenvalue weighted by molar-refractivity contribution is -0.104. The molecule has 3 aromatic rings. The minimum atomic E-state index is -0.329. The number of carbonyl (C=O) groups is 1. The maximum atomic E-state index is 13.4. The van der Waals surface area contributed by atoms with Crippen LogP contribution in [-0.4, -0.2) is 16.3 Å². The Kier molecular flexibility index (Phi) is 4.57. The molecule has 0 aliphatic heterocycles. The predicted molar refractivity (Wildman–Crippen MR) is 96.9 cm³/mol. The topological polar surface area (TPSA) is 62.8 Å². The SMILES string of the molecule is CC(C)c1nc2[nH]c(=O)ccc2c(-c2ccc(F)cc2)c1/C=C/C=O. The Labute approximate surface area is 144 Å². The Morgan fingerprint density at radius 2 is 1.84 bits per heavy atom. The fourth-order valence-corrected chi connectivity index (χ4v) is 2.88. The molecule has 25 heavy (non-hydrogen) atoms.